The van der Waals surface area contributed by atoms with E-state index in [0.717, 1.165) is 5.52 Å². The van der Waals surface area contributed by atoms with Gasteiger partial charge in [-0.2, -0.15) is 0 Å². The highest BCUT2D eigenvalue weighted by Crippen LogP contribution is 2.38. The van der Waals surface area contributed by atoms with E-state index in [4.69, 9.17) is 16.3 Å². The molecule has 1 aromatic heterocycles. The van der Waals surface area contributed by atoms with Crippen LogP contribution >= 0.6 is 11.6 Å². The number of hydrogen-bond donors (Lipinski definition) is 1. The summed E-state index contributed by atoms with van der Waals surface area (Å²) in [5, 5.41) is 14.3. The quantitative estimate of drug-likeness (QED) is 0.518. The summed E-state index contributed by atoms with van der Waals surface area (Å²) in [6, 6.07) is 14.5. The molecule has 6 heteroatoms. The monoisotopic (exact) mass is 330 g/mol. The van der Waals surface area contributed by atoms with E-state index in [1.165, 1.54) is 0 Å². The van der Waals surface area contributed by atoms with Crippen molar-refractivity contribution in [3.8, 4) is 11.6 Å². The van der Waals surface area contributed by atoms with Crippen molar-refractivity contribution in [3.63, 3.8) is 0 Å². The molecule has 5 nitrogen and oxygen atoms in total. The molecule has 0 atom stereocenters. The van der Waals surface area contributed by atoms with Crippen LogP contribution in [0.25, 0.3) is 10.9 Å². The van der Waals surface area contributed by atoms with Crippen molar-refractivity contribution in [2.45, 2.75) is 13.0 Å². The Balaban J connectivity index is 1.72. The van der Waals surface area contributed by atoms with Crippen molar-refractivity contribution in [1.82, 2.24) is 4.57 Å². The summed E-state index contributed by atoms with van der Waals surface area (Å²) in [6.45, 7) is 0.950. The van der Waals surface area contributed by atoms with Crippen LogP contribution in [0.3, 0.4) is 0 Å². The maximum Gasteiger partial charge on any atom is 0.222 e. The van der Waals surface area contributed by atoms with Crippen LogP contribution in [0.4, 0.5) is 5.69 Å². The van der Waals surface area contributed by atoms with Gasteiger partial charge in [0.1, 0.15) is 5.75 Å². The zero-order valence-electron chi connectivity index (χ0n) is 12.3. The first kappa shape index (κ1) is 15.4. The zero-order chi connectivity index (χ0) is 16.2. The van der Waals surface area contributed by atoms with Gasteiger partial charge in [0.05, 0.1) is 17.1 Å². The highest BCUT2D eigenvalue weighted by molar-refractivity contribution is 6.32. The number of nitroso groups, excluding NO2 is 1. The number of para-hydroxylation sites is 2. The molecule has 0 aliphatic carbocycles. The van der Waals surface area contributed by atoms with Gasteiger partial charge in [0.2, 0.25) is 5.88 Å². The minimum absolute atomic E-state index is 0.0765. The van der Waals surface area contributed by atoms with Gasteiger partial charge in [-0.05, 0) is 29.8 Å². The summed E-state index contributed by atoms with van der Waals surface area (Å²) in [4.78, 5) is 10.9. The van der Waals surface area contributed by atoms with Gasteiger partial charge in [0.25, 0.3) is 0 Å². The van der Waals surface area contributed by atoms with Crippen LogP contribution in [0.2, 0.25) is 5.02 Å². The summed E-state index contributed by atoms with van der Waals surface area (Å²) < 4.78 is 7.30. The Morgan fingerprint density at radius 2 is 1.87 bits per heavy atom. The summed E-state index contributed by atoms with van der Waals surface area (Å²) in [6.07, 6.45) is 0.649. The number of aromatic hydroxyl groups is 1. The van der Waals surface area contributed by atoms with Crippen molar-refractivity contribution >= 4 is 28.2 Å². The van der Waals surface area contributed by atoms with Crippen LogP contribution in [0, 0.1) is 4.91 Å². The van der Waals surface area contributed by atoms with Crippen LogP contribution in [0.1, 0.15) is 6.42 Å². The summed E-state index contributed by atoms with van der Waals surface area (Å²) in [7, 11) is 0. The highest BCUT2D eigenvalue weighted by Gasteiger charge is 2.16. The molecule has 0 aliphatic heterocycles. The third-order valence-corrected chi connectivity index (χ3v) is 3.94. The third kappa shape index (κ3) is 3.00. The largest absolute Gasteiger partial charge is 0.493 e. The molecule has 0 spiro atoms. The molecule has 3 rings (SSSR count). The zero-order valence-corrected chi connectivity index (χ0v) is 13.0. The second-order valence-electron chi connectivity index (χ2n) is 5.06. The van der Waals surface area contributed by atoms with Gasteiger partial charge < -0.3 is 14.4 Å². The molecular weight excluding hydrogens is 316 g/mol. The first-order chi connectivity index (χ1) is 11.2. The number of benzene rings is 2. The van der Waals surface area contributed by atoms with Crippen LogP contribution in [0.5, 0.6) is 11.6 Å². The molecule has 0 saturated carbocycles. The number of ether oxygens (including phenoxy) is 1. The summed E-state index contributed by atoms with van der Waals surface area (Å²) in [5.74, 6) is 0.518. The van der Waals surface area contributed by atoms with E-state index in [9.17, 15) is 10.0 Å². The lowest BCUT2D eigenvalue weighted by atomic mass is 10.2. The molecule has 0 aliphatic rings. The van der Waals surface area contributed by atoms with Crippen LogP contribution in [0.15, 0.2) is 53.7 Å². The van der Waals surface area contributed by atoms with Gasteiger partial charge in [-0.1, -0.05) is 41.9 Å². The van der Waals surface area contributed by atoms with Gasteiger partial charge in [-0.3, -0.25) is 0 Å². The number of nitrogens with zero attached hydrogens (tertiary/aromatic N) is 2. The van der Waals surface area contributed by atoms with E-state index in [0.29, 0.717) is 35.7 Å². The molecule has 3 aromatic rings. The molecule has 118 valence electrons. The Labute approximate surface area is 138 Å². The van der Waals surface area contributed by atoms with Gasteiger partial charge in [0.15, 0.2) is 5.69 Å². The molecular formula is C17H15ClN2O3. The van der Waals surface area contributed by atoms with E-state index in [-0.39, 0.29) is 11.6 Å². The smallest absolute Gasteiger partial charge is 0.222 e. The van der Waals surface area contributed by atoms with Gasteiger partial charge >= 0.3 is 0 Å². The summed E-state index contributed by atoms with van der Waals surface area (Å²) in [5.41, 5.74) is 0.852. The van der Waals surface area contributed by atoms with E-state index in [1.807, 2.05) is 24.3 Å². The maximum atomic E-state index is 10.9. The number of rotatable bonds is 6. The molecule has 1 N–H and O–H groups in total. The topological polar surface area (TPSA) is 63.8 Å². The van der Waals surface area contributed by atoms with Crippen molar-refractivity contribution in [1.29, 1.82) is 0 Å². The minimum atomic E-state index is -0.112. The fourth-order valence-electron chi connectivity index (χ4n) is 2.55. The fraction of sp³-hybridized carbons (Fsp3) is 0.176. The van der Waals surface area contributed by atoms with E-state index in [1.54, 1.807) is 28.8 Å². The van der Waals surface area contributed by atoms with Crippen LogP contribution in [-0.4, -0.2) is 16.3 Å². The fourth-order valence-corrected chi connectivity index (χ4v) is 2.74. The first-order valence-corrected chi connectivity index (χ1v) is 7.61. The molecule has 1 heterocycles. The van der Waals surface area contributed by atoms with E-state index in [2.05, 4.69) is 5.18 Å². The van der Waals surface area contributed by atoms with Crippen molar-refractivity contribution in [2.24, 2.45) is 5.18 Å². The van der Waals surface area contributed by atoms with Crippen LogP contribution in [-0.2, 0) is 6.54 Å². The molecule has 0 amide bonds. The Morgan fingerprint density at radius 1 is 1.13 bits per heavy atom. The van der Waals surface area contributed by atoms with Gasteiger partial charge in [-0.15, -0.1) is 4.91 Å². The standard InChI is InChI=1S/C17H15ClN2O3/c18-13-7-2-4-9-15(13)23-11-5-10-20-14-8-3-1-6-12(14)16(19-22)17(20)21/h1-4,6-9,21H,5,10-11H2. The second-order valence-corrected chi connectivity index (χ2v) is 5.47. The van der Waals surface area contributed by atoms with Crippen molar-refractivity contribution < 1.29 is 9.84 Å². The second kappa shape index (κ2) is 6.71. The lowest BCUT2D eigenvalue weighted by molar-refractivity contribution is 0.298. The number of aryl methyl sites for hydroxylation is 1. The molecule has 0 radical (unpaired) electrons. The molecule has 0 saturated heterocycles. The maximum absolute atomic E-state index is 10.9. The lowest BCUT2D eigenvalue weighted by Gasteiger charge is -2.09. The average molecular weight is 331 g/mol. The molecule has 2 aromatic carbocycles. The predicted molar refractivity (Wildman–Crippen MR) is 90.6 cm³/mol. The molecule has 23 heavy (non-hydrogen) atoms. The van der Waals surface area contributed by atoms with Gasteiger partial charge in [0, 0.05) is 11.9 Å². The number of fused-ring (bicyclic) bond motifs is 1. The number of aromatic nitrogens is 1. The van der Waals surface area contributed by atoms with Crippen LogP contribution < -0.4 is 4.74 Å². The summed E-state index contributed by atoms with van der Waals surface area (Å²) >= 11 is 6.03. The minimum Gasteiger partial charge on any atom is -0.493 e. The normalized spacial score (nSPS) is 10.8. The van der Waals surface area contributed by atoms with Crippen molar-refractivity contribution in [3.05, 3.63) is 58.5 Å². The van der Waals surface area contributed by atoms with Gasteiger partial charge in [-0.25, -0.2) is 0 Å². The number of halogens is 1. The molecule has 0 fully saturated rings. The Kier molecular flexibility index (Phi) is 4.48. The first-order valence-electron chi connectivity index (χ1n) is 7.23. The molecule has 0 unspecified atom stereocenters. The highest BCUT2D eigenvalue weighted by atomic mass is 35.5. The van der Waals surface area contributed by atoms with Crippen molar-refractivity contribution in [2.75, 3.05) is 6.61 Å². The Hall–Kier alpha value is -2.53. The van der Waals surface area contributed by atoms with E-state index < -0.39 is 0 Å². The number of hydrogen-bond acceptors (Lipinski definition) is 4. The predicted octanol–water partition coefficient (Wildman–Crippen LogP) is 4.87. The lowest BCUT2D eigenvalue weighted by Crippen LogP contribution is -2.04. The average Bonchev–Trinajstić information content (AvgIpc) is 2.84. The third-order valence-electron chi connectivity index (χ3n) is 3.63. The molecule has 0 bridgehead atoms. The van der Waals surface area contributed by atoms with E-state index >= 15 is 0 Å². The Morgan fingerprint density at radius 3 is 2.65 bits per heavy atom. The SMILES string of the molecule is O=Nc1c(O)n(CCCOc2ccccc2Cl)c2ccccc12. The Bertz CT molecular complexity index is 845.